The van der Waals surface area contributed by atoms with E-state index in [1.807, 2.05) is 0 Å². The van der Waals surface area contributed by atoms with Crippen LogP contribution >= 0.6 is 11.6 Å². The van der Waals surface area contributed by atoms with Crippen molar-refractivity contribution in [2.45, 2.75) is 12.6 Å². The van der Waals surface area contributed by atoms with Gasteiger partial charge >= 0.3 is 0 Å². The van der Waals surface area contributed by atoms with Gasteiger partial charge < -0.3 is 11.1 Å². The summed E-state index contributed by atoms with van der Waals surface area (Å²) in [7, 11) is 0. The molecule has 2 unspecified atom stereocenters. The average Bonchev–Trinajstić information content (AvgIpc) is 2.14. The summed E-state index contributed by atoms with van der Waals surface area (Å²) in [4.78, 5) is 0. The Bertz CT molecular complexity index is 76.8. The monoisotopic (exact) mass is 134 g/mol. The first-order chi connectivity index (χ1) is 3.84. The smallest absolute Gasteiger partial charge is 0.0587 e. The summed E-state index contributed by atoms with van der Waals surface area (Å²) in [6.07, 6.45) is 1.28. The van der Waals surface area contributed by atoms with Gasteiger partial charge in [-0.15, -0.1) is 11.6 Å². The van der Waals surface area contributed by atoms with E-state index in [4.69, 9.17) is 17.3 Å². The van der Waals surface area contributed by atoms with Crippen molar-refractivity contribution in [3.63, 3.8) is 0 Å². The molecule has 1 aliphatic rings. The standard InChI is InChI=1S/C5H11ClN2/c6-3-4-1-2-8-5(4)7/h4-5,8H,1-3,7H2. The van der Waals surface area contributed by atoms with Crippen LogP contribution in [0.1, 0.15) is 6.42 Å². The van der Waals surface area contributed by atoms with Crippen LogP contribution in [-0.4, -0.2) is 18.6 Å². The number of alkyl halides is 1. The van der Waals surface area contributed by atoms with Crippen molar-refractivity contribution in [3.05, 3.63) is 0 Å². The molecule has 1 fully saturated rings. The number of nitrogens with one attached hydrogen (secondary N) is 1. The van der Waals surface area contributed by atoms with Gasteiger partial charge in [-0.05, 0) is 13.0 Å². The molecule has 0 amide bonds. The Balaban J connectivity index is 2.30. The van der Waals surface area contributed by atoms with E-state index in [1.165, 1.54) is 0 Å². The van der Waals surface area contributed by atoms with E-state index in [2.05, 4.69) is 5.32 Å². The highest BCUT2D eigenvalue weighted by atomic mass is 35.5. The minimum absolute atomic E-state index is 0.146. The summed E-state index contributed by atoms with van der Waals surface area (Å²) in [5.74, 6) is 1.19. The molecule has 0 saturated carbocycles. The van der Waals surface area contributed by atoms with Gasteiger partial charge in [-0.3, -0.25) is 0 Å². The second-order valence-electron chi connectivity index (χ2n) is 2.18. The molecule has 0 aromatic heterocycles. The fourth-order valence-corrected chi connectivity index (χ4v) is 1.30. The molecular formula is C5H11ClN2. The molecule has 2 nitrogen and oxygen atoms in total. The number of hydrogen-bond donors (Lipinski definition) is 2. The van der Waals surface area contributed by atoms with Gasteiger partial charge in [0.15, 0.2) is 0 Å². The van der Waals surface area contributed by atoms with Gasteiger partial charge in [-0.2, -0.15) is 0 Å². The van der Waals surface area contributed by atoms with E-state index in [9.17, 15) is 0 Å². The molecule has 1 rings (SSSR count). The molecule has 0 radical (unpaired) electrons. The molecular weight excluding hydrogens is 124 g/mol. The maximum Gasteiger partial charge on any atom is 0.0587 e. The Kier molecular flexibility index (Phi) is 2.11. The number of halogens is 1. The molecule has 3 N–H and O–H groups in total. The second-order valence-corrected chi connectivity index (χ2v) is 2.49. The van der Waals surface area contributed by atoms with Crippen LogP contribution in [0.4, 0.5) is 0 Å². The summed E-state index contributed by atoms with van der Waals surface area (Å²) in [5, 5.41) is 3.11. The molecule has 0 aliphatic carbocycles. The van der Waals surface area contributed by atoms with Crippen LogP contribution < -0.4 is 11.1 Å². The molecule has 1 heterocycles. The molecule has 2 atom stereocenters. The molecule has 0 bridgehead atoms. The largest absolute Gasteiger partial charge is 0.316 e. The molecule has 0 spiro atoms. The molecule has 0 aromatic carbocycles. The lowest BCUT2D eigenvalue weighted by Gasteiger charge is -2.09. The zero-order valence-electron chi connectivity index (χ0n) is 4.73. The Hall–Kier alpha value is 0.210. The summed E-state index contributed by atoms with van der Waals surface area (Å²) >= 11 is 5.58. The third-order valence-corrected chi connectivity index (χ3v) is 2.00. The highest BCUT2D eigenvalue weighted by Gasteiger charge is 2.21. The van der Waals surface area contributed by atoms with E-state index >= 15 is 0 Å². The predicted octanol–water partition coefficient (Wildman–Crippen LogP) is 0.119. The predicted molar refractivity (Wildman–Crippen MR) is 34.8 cm³/mol. The third-order valence-electron chi connectivity index (χ3n) is 1.60. The Morgan fingerprint density at radius 2 is 2.50 bits per heavy atom. The lowest BCUT2D eigenvalue weighted by Crippen LogP contribution is -2.36. The minimum atomic E-state index is 0.146. The maximum absolute atomic E-state index is 5.59. The quantitative estimate of drug-likeness (QED) is 0.500. The van der Waals surface area contributed by atoms with Crippen LogP contribution in [0.25, 0.3) is 0 Å². The van der Waals surface area contributed by atoms with Crippen LogP contribution in [0.3, 0.4) is 0 Å². The third kappa shape index (κ3) is 1.13. The van der Waals surface area contributed by atoms with E-state index in [0.717, 1.165) is 13.0 Å². The molecule has 3 heteroatoms. The van der Waals surface area contributed by atoms with Crippen molar-refractivity contribution in [1.29, 1.82) is 0 Å². The maximum atomic E-state index is 5.59. The van der Waals surface area contributed by atoms with Gasteiger partial charge in [0.1, 0.15) is 0 Å². The first kappa shape index (κ1) is 6.33. The van der Waals surface area contributed by atoms with Crippen LogP contribution in [-0.2, 0) is 0 Å². The van der Waals surface area contributed by atoms with E-state index in [0.29, 0.717) is 11.8 Å². The van der Waals surface area contributed by atoms with Gasteiger partial charge in [0.25, 0.3) is 0 Å². The van der Waals surface area contributed by atoms with Crippen molar-refractivity contribution in [2.24, 2.45) is 11.7 Å². The summed E-state index contributed by atoms with van der Waals surface area (Å²) in [6, 6.07) is 0. The van der Waals surface area contributed by atoms with Crippen LogP contribution in [0.15, 0.2) is 0 Å². The number of hydrogen-bond acceptors (Lipinski definition) is 2. The van der Waals surface area contributed by atoms with Crippen molar-refractivity contribution >= 4 is 11.6 Å². The van der Waals surface area contributed by atoms with Crippen LogP contribution in [0.2, 0.25) is 0 Å². The van der Waals surface area contributed by atoms with Crippen molar-refractivity contribution in [3.8, 4) is 0 Å². The molecule has 0 aromatic rings. The van der Waals surface area contributed by atoms with Gasteiger partial charge in [-0.1, -0.05) is 0 Å². The van der Waals surface area contributed by atoms with E-state index in [-0.39, 0.29) is 6.17 Å². The first-order valence-corrected chi connectivity index (χ1v) is 3.43. The fourth-order valence-electron chi connectivity index (χ4n) is 0.955. The Morgan fingerprint density at radius 1 is 1.75 bits per heavy atom. The summed E-state index contributed by atoms with van der Waals surface area (Å²) in [5.41, 5.74) is 5.59. The Morgan fingerprint density at radius 3 is 2.75 bits per heavy atom. The highest BCUT2D eigenvalue weighted by Crippen LogP contribution is 2.12. The SMILES string of the molecule is NC1NCCC1CCl. The van der Waals surface area contributed by atoms with Crippen molar-refractivity contribution in [2.75, 3.05) is 12.4 Å². The normalized spacial score (nSPS) is 38.2. The van der Waals surface area contributed by atoms with Gasteiger partial charge in [0, 0.05) is 11.8 Å². The van der Waals surface area contributed by atoms with E-state index in [1.54, 1.807) is 0 Å². The fraction of sp³-hybridized carbons (Fsp3) is 1.00. The number of rotatable bonds is 1. The molecule has 8 heavy (non-hydrogen) atoms. The van der Waals surface area contributed by atoms with Crippen molar-refractivity contribution in [1.82, 2.24) is 5.32 Å². The second kappa shape index (κ2) is 2.67. The first-order valence-electron chi connectivity index (χ1n) is 2.89. The summed E-state index contributed by atoms with van der Waals surface area (Å²) in [6.45, 7) is 1.03. The van der Waals surface area contributed by atoms with Crippen LogP contribution in [0.5, 0.6) is 0 Å². The minimum Gasteiger partial charge on any atom is -0.316 e. The zero-order valence-corrected chi connectivity index (χ0v) is 5.49. The summed E-state index contributed by atoms with van der Waals surface area (Å²) < 4.78 is 0. The Labute approximate surface area is 54.4 Å². The zero-order chi connectivity index (χ0) is 5.98. The topological polar surface area (TPSA) is 38.0 Å². The molecule has 1 aliphatic heterocycles. The lowest BCUT2D eigenvalue weighted by atomic mass is 10.1. The van der Waals surface area contributed by atoms with Gasteiger partial charge in [0.2, 0.25) is 0 Å². The van der Waals surface area contributed by atoms with E-state index < -0.39 is 0 Å². The lowest BCUT2D eigenvalue weighted by molar-refractivity contribution is 0.503. The highest BCUT2D eigenvalue weighted by molar-refractivity contribution is 6.18. The van der Waals surface area contributed by atoms with Gasteiger partial charge in [-0.25, -0.2) is 0 Å². The van der Waals surface area contributed by atoms with Crippen LogP contribution in [0, 0.1) is 5.92 Å². The molecule has 1 saturated heterocycles. The van der Waals surface area contributed by atoms with Gasteiger partial charge in [0.05, 0.1) is 6.17 Å². The van der Waals surface area contributed by atoms with Crippen molar-refractivity contribution < 1.29 is 0 Å². The molecule has 48 valence electrons. The number of nitrogens with two attached hydrogens (primary N) is 1. The average molecular weight is 135 g/mol.